The van der Waals surface area contributed by atoms with Crippen molar-refractivity contribution < 1.29 is 14.4 Å². The second-order valence-corrected chi connectivity index (χ2v) is 8.03. The van der Waals surface area contributed by atoms with Gasteiger partial charge in [0.15, 0.2) is 5.82 Å². The molecule has 1 saturated heterocycles. The number of aromatic nitrogens is 2. The van der Waals surface area contributed by atoms with E-state index in [4.69, 9.17) is 0 Å². The van der Waals surface area contributed by atoms with E-state index < -0.39 is 6.04 Å². The molecule has 30 heavy (non-hydrogen) atoms. The van der Waals surface area contributed by atoms with E-state index in [1.54, 1.807) is 4.90 Å². The number of hydrogen-bond acceptors (Lipinski definition) is 6. The molecule has 3 aliphatic heterocycles. The Balaban J connectivity index is 1.37. The zero-order valence-electron chi connectivity index (χ0n) is 16.8. The molecule has 2 aromatic rings. The molecule has 0 saturated carbocycles. The number of hydrogen-bond donors (Lipinski definition) is 3. The Hall–Kier alpha value is -3.20. The first-order chi connectivity index (χ1) is 14.5. The van der Waals surface area contributed by atoms with E-state index in [1.807, 2.05) is 29.9 Å². The van der Waals surface area contributed by atoms with Gasteiger partial charge in [0.1, 0.15) is 6.04 Å². The maximum absolute atomic E-state index is 13.2. The molecule has 1 atom stereocenters. The Labute approximate surface area is 173 Å². The fourth-order valence-corrected chi connectivity index (χ4v) is 4.66. The van der Waals surface area contributed by atoms with Crippen LogP contribution in [0.2, 0.25) is 0 Å². The minimum Gasteiger partial charge on any atom is -0.364 e. The van der Waals surface area contributed by atoms with E-state index in [2.05, 4.69) is 21.0 Å². The molecule has 156 valence electrons. The highest BCUT2D eigenvalue weighted by Gasteiger charge is 2.39. The van der Waals surface area contributed by atoms with Gasteiger partial charge in [-0.3, -0.25) is 24.4 Å². The number of anilines is 1. The summed E-state index contributed by atoms with van der Waals surface area (Å²) in [5, 5.41) is 13.7. The van der Waals surface area contributed by atoms with Gasteiger partial charge in [0, 0.05) is 44.2 Å². The van der Waals surface area contributed by atoms with Crippen LogP contribution in [0, 0.1) is 0 Å². The van der Waals surface area contributed by atoms with Crippen LogP contribution in [0.15, 0.2) is 18.2 Å². The summed E-state index contributed by atoms with van der Waals surface area (Å²) in [6, 6.07) is 5.21. The molecule has 3 N–H and O–H groups in total. The number of carbonyl (C=O) groups excluding carboxylic acids is 3. The van der Waals surface area contributed by atoms with Crippen LogP contribution in [0.1, 0.15) is 45.6 Å². The van der Waals surface area contributed by atoms with Gasteiger partial charge in [-0.2, -0.15) is 5.10 Å². The molecule has 5 rings (SSSR count). The van der Waals surface area contributed by atoms with E-state index in [-0.39, 0.29) is 24.1 Å². The van der Waals surface area contributed by atoms with Gasteiger partial charge in [-0.15, -0.1) is 0 Å². The number of amides is 3. The van der Waals surface area contributed by atoms with Crippen molar-refractivity contribution in [3.05, 3.63) is 46.1 Å². The molecule has 9 nitrogen and oxygen atoms in total. The maximum atomic E-state index is 13.2. The maximum Gasteiger partial charge on any atom is 0.255 e. The average Bonchev–Trinajstić information content (AvgIpc) is 3.24. The third-order valence-corrected chi connectivity index (χ3v) is 6.20. The van der Waals surface area contributed by atoms with E-state index in [0.717, 1.165) is 36.5 Å². The fraction of sp³-hybridized carbons (Fsp3) is 0.429. The lowest BCUT2D eigenvalue weighted by Gasteiger charge is -2.29. The van der Waals surface area contributed by atoms with E-state index in [0.29, 0.717) is 25.1 Å². The highest BCUT2D eigenvalue weighted by atomic mass is 16.2. The molecule has 4 heterocycles. The summed E-state index contributed by atoms with van der Waals surface area (Å²) in [6.07, 6.45) is 1.54. The van der Waals surface area contributed by atoms with Gasteiger partial charge in [0.05, 0.1) is 5.69 Å². The molecule has 0 radical (unpaired) electrons. The smallest absolute Gasteiger partial charge is 0.255 e. The molecular weight excluding hydrogens is 384 g/mol. The molecule has 3 aliphatic rings. The highest BCUT2D eigenvalue weighted by molar-refractivity contribution is 6.06. The van der Waals surface area contributed by atoms with Crippen LogP contribution in [-0.2, 0) is 42.7 Å². The molecular formula is C21H24N6O3. The summed E-state index contributed by atoms with van der Waals surface area (Å²) in [5.74, 6) is 0.0446. The zero-order chi connectivity index (χ0) is 20.8. The van der Waals surface area contributed by atoms with E-state index >= 15 is 0 Å². The van der Waals surface area contributed by atoms with Crippen LogP contribution >= 0.6 is 0 Å². The van der Waals surface area contributed by atoms with Gasteiger partial charge in [0.25, 0.3) is 5.91 Å². The second kappa shape index (κ2) is 7.24. The number of fused-ring (bicyclic) bond motifs is 2. The van der Waals surface area contributed by atoms with Crippen molar-refractivity contribution in [2.75, 3.05) is 11.9 Å². The SMILES string of the molecule is Cn1nc(NCc2cccc3c2C(=O)N(C2CCC(=O)NC2=O)C3)c2c1CNCC2. The van der Waals surface area contributed by atoms with Crippen molar-refractivity contribution in [1.29, 1.82) is 0 Å². The lowest BCUT2D eigenvalue weighted by atomic mass is 10.0. The number of nitrogens with zero attached hydrogens (tertiary/aromatic N) is 3. The van der Waals surface area contributed by atoms with Gasteiger partial charge in [-0.05, 0) is 30.5 Å². The highest BCUT2D eigenvalue weighted by Crippen LogP contribution is 2.30. The van der Waals surface area contributed by atoms with Gasteiger partial charge in [-0.1, -0.05) is 18.2 Å². The predicted molar refractivity (Wildman–Crippen MR) is 108 cm³/mol. The van der Waals surface area contributed by atoms with Gasteiger partial charge in [0.2, 0.25) is 11.8 Å². The Kier molecular flexibility index (Phi) is 4.54. The Bertz CT molecular complexity index is 1060. The Morgan fingerprint density at radius 2 is 2.10 bits per heavy atom. The molecule has 1 unspecified atom stereocenters. The van der Waals surface area contributed by atoms with Crippen molar-refractivity contribution in [1.82, 2.24) is 25.3 Å². The van der Waals surface area contributed by atoms with Gasteiger partial charge >= 0.3 is 0 Å². The number of benzene rings is 1. The van der Waals surface area contributed by atoms with Crippen molar-refractivity contribution in [3.63, 3.8) is 0 Å². The Morgan fingerprint density at radius 3 is 2.93 bits per heavy atom. The summed E-state index contributed by atoms with van der Waals surface area (Å²) in [5.41, 5.74) is 4.86. The van der Waals surface area contributed by atoms with Crippen molar-refractivity contribution >= 4 is 23.5 Å². The van der Waals surface area contributed by atoms with Crippen LogP contribution in [0.25, 0.3) is 0 Å². The number of nitrogens with one attached hydrogen (secondary N) is 3. The first kappa shape index (κ1) is 18.8. The average molecular weight is 408 g/mol. The minimum atomic E-state index is -0.598. The quantitative estimate of drug-likeness (QED) is 0.634. The number of rotatable bonds is 4. The first-order valence-electron chi connectivity index (χ1n) is 10.3. The third-order valence-electron chi connectivity index (χ3n) is 6.20. The minimum absolute atomic E-state index is 0.149. The molecule has 9 heteroatoms. The summed E-state index contributed by atoms with van der Waals surface area (Å²) in [6.45, 7) is 2.60. The molecule has 1 fully saturated rings. The summed E-state index contributed by atoms with van der Waals surface area (Å²) in [4.78, 5) is 38.5. The lowest BCUT2D eigenvalue weighted by molar-refractivity contribution is -0.136. The van der Waals surface area contributed by atoms with Crippen molar-refractivity contribution in [2.45, 2.75) is 44.9 Å². The number of carbonyl (C=O) groups is 3. The lowest BCUT2D eigenvalue weighted by Crippen LogP contribution is -2.52. The third kappa shape index (κ3) is 3.06. The molecule has 0 aliphatic carbocycles. The van der Waals surface area contributed by atoms with Crippen LogP contribution < -0.4 is 16.0 Å². The van der Waals surface area contributed by atoms with Crippen molar-refractivity contribution in [3.8, 4) is 0 Å². The number of piperidine rings is 1. The standard InChI is InChI=1S/C21H24N6O3/c1-26-16-10-22-8-7-14(16)19(25-26)23-9-12-3-2-4-13-11-27(21(30)18(12)13)15-5-6-17(28)24-20(15)29/h2-4,15,22H,5-11H2,1H3,(H,23,25)(H,24,28,29). The summed E-state index contributed by atoms with van der Waals surface area (Å²) >= 11 is 0. The molecule has 1 aromatic heterocycles. The predicted octanol–water partition coefficient (Wildman–Crippen LogP) is 0.439. The zero-order valence-corrected chi connectivity index (χ0v) is 16.8. The molecule has 0 spiro atoms. The topological polar surface area (TPSA) is 108 Å². The fourth-order valence-electron chi connectivity index (χ4n) is 4.66. The molecule has 0 bridgehead atoms. The normalized spacial score (nSPS) is 20.8. The first-order valence-corrected chi connectivity index (χ1v) is 10.3. The Morgan fingerprint density at radius 1 is 1.23 bits per heavy atom. The summed E-state index contributed by atoms with van der Waals surface area (Å²) in [7, 11) is 1.94. The second-order valence-electron chi connectivity index (χ2n) is 8.03. The van der Waals surface area contributed by atoms with E-state index in [1.165, 1.54) is 11.3 Å². The van der Waals surface area contributed by atoms with Crippen LogP contribution in [0.4, 0.5) is 5.82 Å². The number of imide groups is 1. The van der Waals surface area contributed by atoms with Crippen LogP contribution in [0.5, 0.6) is 0 Å². The van der Waals surface area contributed by atoms with Crippen molar-refractivity contribution in [2.24, 2.45) is 7.05 Å². The number of aryl methyl sites for hydroxylation is 1. The molecule has 1 aromatic carbocycles. The van der Waals surface area contributed by atoms with Crippen LogP contribution in [-0.4, -0.2) is 45.0 Å². The monoisotopic (exact) mass is 408 g/mol. The van der Waals surface area contributed by atoms with Gasteiger partial charge < -0.3 is 15.5 Å². The molecule has 3 amide bonds. The van der Waals surface area contributed by atoms with Gasteiger partial charge in [-0.25, -0.2) is 0 Å². The van der Waals surface area contributed by atoms with Crippen LogP contribution in [0.3, 0.4) is 0 Å². The summed E-state index contributed by atoms with van der Waals surface area (Å²) < 4.78 is 1.90. The van der Waals surface area contributed by atoms with E-state index in [9.17, 15) is 14.4 Å². The largest absolute Gasteiger partial charge is 0.364 e.